The van der Waals surface area contributed by atoms with Crippen LogP contribution in [-0.4, -0.2) is 42.3 Å². The maximum absolute atomic E-state index is 9.27. The van der Waals surface area contributed by atoms with Gasteiger partial charge in [0.1, 0.15) is 0 Å². The third-order valence-electron chi connectivity index (χ3n) is 2.05. The molecular formula is C7H15NO3. The van der Waals surface area contributed by atoms with E-state index in [9.17, 15) is 5.11 Å². The summed E-state index contributed by atoms with van der Waals surface area (Å²) >= 11 is 0. The van der Waals surface area contributed by atoms with Crippen molar-refractivity contribution in [2.45, 2.75) is 31.3 Å². The molecule has 0 spiro atoms. The van der Waals surface area contributed by atoms with Crippen LogP contribution >= 0.6 is 0 Å². The molecule has 0 amide bonds. The molecular weight excluding hydrogens is 146 g/mol. The van der Waals surface area contributed by atoms with Crippen LogP contribution in [0.25, 0.3) is 0 Å². The summed E-state index contributed by atoms with van der Waals surface area (Å²) < 4.78 is 5.08. The summed E-state index contributed by atoms with van der Waals surface area (Å²) in [6.07, 6.45) is 0.697. The smallest absolute Gasteiger partial charge is 0.170 e. The van der Waals surface area contributed by atoms with Crippen LogP contribution in [0.5, 0.6) is 0 Å². The van der Waals surface area contributed by atoms with Gasteiger partial charge in [-0.25, -0.2) is 0 Å². The van der Waals surface area contributed by atoms with Crippen LogP contribution in [0.3, 0.4) is 0 Å². The van der Waals surface area contributed by atoms with E-state index in [2.05, 4.69) is 5.32 Å². The van der Waals surface area contributed by atoms with Crippen molar-refractivity contribution in [3.8, 4) is 0 Å². The molecule has 3 atom stereocenters. The van der Waals surface area contributed by atoms with Crippen LogP contribution in [-0.2, 0) is 4.74 Å². The van der Waals surface area contributed by atoms with E-state index in [0.29, 0.717) is 0 Å². The zero-order valence-electron chi connectivity index (χ0n) is 6.66. The van der Waals surface area contributed by atoms with Gasteiger partial charge in [0.25, 0.3) is 0 Å². The first kappa shape index (κ1) is 8.93. The van der Waals surface area contributed by atoms with Gasteiger partial charge < -0.3 is 20.3 Å². The van der Waals surface area contributed by atoms with E-state index in [-0.39, 0.29) is 18.8 Å². The molecule has 0 bridgehead atoms. The summed E-state index contributed by atoms with van der Waals surface area (Å²) in [5.41, 5.74) is 0. The molecule has 0 aliphatic carbocycles. The van der Waals surface area contributed by atoms with Crippen molar-refractivity contribution in [3.63, 3.8) is 0 Å². The van der Waals surface area contributed by atoms with Crippen LogP contribution in [0.15, 0.2) is 0 Å². The van der Waals surface area contributed by atoms with Crippen LogP contribution in [0.2, 0.25) is 0 Å². The monoisotopic (exact) mass is 161 g/mol. The Balaban J connectivity index is 2.34. The molecule has 0 saturated carbocycles. The standard InChI is InChI=1S/C7H15NO3/c1-8-6-3-2-5(4-9)11-7(6)10/h5-10H,2-4H2,1H3. The Bertz CT molecular complexity index is 120. The maximum Gasteiger partial charge on any atom is 0.170 e. The minimum absolute atomic E-state index is 0.00645. The van der Waals surface area contributed by atoms with E-state index >= 15 is 0 Å². The molecule has 1 heterocycles. The Hall–Kier alpha value is -0.160. The summed E-state index contributed by atoms with van der Waals surface area (Å²) in [4.78, 5) is 0. The zero-order chi connectivity index (χ0) is 8.27. The quantitative estimate of drug-likeness (QED) is 0.489. The summed E-state index contributed by atoms with van der Waals surface area (Å²) in [5.74, 6) is 0. The molecule has 3 N–H and O–H groups in total. The number of nitrogens with one attached hydrogen (secondary N) is 1. The van der Waals surface area contributed by atoms with Gasteiger partial charge in [0.2, 0.25) is 0 Å². The summed E-state index contributed by atoms with van der Waals surface area (Å²) in [5, 5.41) is 20.9. The second-order valence-electron chi connectivity index (χ2n) is 2.80. The predicted octanol–water partition coefficient (Wildman–Crippen LogP) is -0.936. The third kappa shape index (κ3) is 2.13. The van der Waals surface area contributed by atoms with Crippen molar-refractivity contribution < 1.29 is 14.9 Å². The number of hydrogen-bond donors (Lipinski definition) is 3. The van der Waals surface area contributed by atoms with Crippen molar-refractivity contribution in [2.75, 3.05) is 13.7 Å². The average Bonchev–Trinajstić information content (AvgIpc) is 2.04. The summed E-state index contributed by atoms with van der Waals surface area (Å²) in [6.45, 7) is -0.00645. The van der Waals surface area contributed by atoms with Crippen LogP contribution < -0.4 is 5.32 Å². The molecule has 0 aromatic heterocycles. The number of rotatable bonds is 2. The van der Waals surface area contributed by atoms with Crippen LogP contribution in [0.1, 0.15) is 12.8 Å². The minimum Gasteiger partial charge on any atom is -0.394 e. The molecule has 1 fully saturated rings. The molecule has 4 nitrogen and oxygen atoms in total. The number of ether oxygens (including phenoxy) is 1. The summed E-state index contributed by atoms with van der Waals surface area (Å²) in [6, 6.07) is 0.0119. The topological polar surface area (TPSA) is 61.7 Å². The van der Waals surface area contributed by atoms with Crippen LogP contribution in [0.4, 0.5) is 0 Å². The molecule has 0 aromatic carbocycles. The Morgan fingerprint density at radius 2 is 2.27 bits per heavy atom. The fourth-order valence-electron chi connectivity index (χ4n) is 1.29. The van der Waals surface area contributed by atoms with Gasteiger partial charge in [0.15, 0.2) is 6.29 Å². The van der Waals surface area contributed by atoms with Crippen molar-refractivity contribution >= 4 is 0 Å². The van der Waals surface area contributed by atoms with Crippen molar-refractivity contribution in [3.05, 3.63) is 0 Å². The Morgan fingerprint density at radius 3 is 2.73 bits per heavy atom. The van der Waals surface area contributed by atoms with E-state index in [0.717, 1.165) is 12.8 Å². The highest BCUT2D eigenvalue weighted by Gasteiger charge is 2.27. The van der Waals surface area contributed by atoms with Gasteiger partial charge in [0, 0.05) is 0 Å². The normalized spacial score (nSPS) is 39.0. The Kier molecular flexibility index (Phi) is 3.26. The highest BCUT2D eigenvalue weighted by Crippen LogP contribution is 2.17. The van der Waals surface area contributed by atoms with Crippen molar-refractivity contribution in [1.29, 1.82) is 0 Å². The molecule has 1 aliphatic rings. The van der Waals surface area contributed by atoms with Gasteiger partial charge in [-0.1, -0.05) is 0 Å². The average molecular weight is 161 g/mol. The van der Waals surface area contributed by atoms with Crippen LogP contribution in [0, 0.1) is 0 Å². The highest BCUT2D eigenvalue weighted by molar-refractivity contribution is 4.76. The largest absolute Gasteiger partial charge is 0.394 e. The van der Waals surface area contributed by atoms with E-state index in [4.69, 9.17) is 9.84 Å². The molecule has 1 rings (SSSR count). The lowest BCUT2D eigenvalue weighted by Gasteiger charge is -2.32. The number of aliphatic hydroxyl groups excluding tert-OH is 2. The molecule has 4 heteroatoms. The lowest BCUT2D eigenvalue weighted by atomic mass is 10.0. The summed E-state index contributed by atoms with van der Waals surface area (Å²) in [7, 11) is 1.79. The van der Waals surface area contributed by atoms with Crippen molar-refractivity contribution in [1.82, 2.24) is 5.32 Å². The minimum atomic E-state index is -0.772. The second kappa shape index (κ2) is 4.01. The fraction of sp³-hybridized carbons (Fsp3) is 1.00. The SMILES string of the molecule is CNC1CCC(CO)OC1O. The van der Waals surface area contributed by atoms with E-state index in [1.54, 1.807) is 7.05 Å². The first-order chi connectivity index (χ1) is 5.27. The Morgan fingerprint density at radius 1 is 1.55 bits per heavy atom. The lowest BCUT2D eigenvalue weighted by Crippen LogP contribution is -2.46. The van der Waals surface area contributed by atoms with E-state index in [1.165, 1.54) is 0 Å². The third-order valence-corrected chi connectivity index (χ3v) is 2.05. The number of hydrogen-bond acceptors (Lipinski definition) is 4. The van der Waals surface area contributed by atoms with Gasteiger partial charge in [-0.15, -0.1) is 0 Å². The highest BCUT2D eigenvalue weighted by atomic mass is 16.6. The maximum atomic E-state index is 9.27. The van der Waals surface area contributed by atoms with Gasteiger partial charge in [-0.2, -0.15) is 0 Å². The molecule has 0 aromatic rings. The van der Waals surface area contributed by atoms with Gasteiger partial charge in [-0.05, 0) is 19.9 Å². The second-order valence-corrected chi connectivity index (χ2v) is 2.80. The van der Waals surface area contributed by atoms with E-state index < -0.39 is 6.29 Å². The van der Waals surface area contributed by atoms with Gasteiger partial charge in [0.05, 0.1) is 18.8 Å². The molecule has 1 saturated heterocycles. The first-order valence-electron chi connectivity index (χ1n) is 3.89. The number of aliphatic hydroxyl groups is 2. The van der Waals surface area contributed by atoms with Gasteiger partial charge in [-0.3, -0.25) is 0 Å². The molecule has 11 heavy (non-hydrogen) atoms. The molecule has 3 unspecified atom stereocenters. The molecule has 0 radical (unpaired) electrons. The lowest BCUT2D eigenvalue weighted by molar-refractivity contribution is -0.186. The predicted molar refractivity (Wildman–Crippen MR) is 40.0 cm³/mol. The molecule has 1 aliphatic heterocycles. The number of likely N-dealkylation sites (N-methyl/N-ethyl adjacent to an activating group) is 1. The molecule has 66 valence electrons. The van der Waals surface area contributed by atoms with Gasteiger partial charge >= 0.3 is 0 Å². The first-order valence-corrected chi connectivity index (χ1v) is 3.89. The van der Waals surface area contributed by atoms with E-state index in [1.807, 2.05) is 0 Å². The Labute approximate surface area is 66.2 Å². The zero-order valence-corrected chi connectivity index (χ0v) is 6.66. The fourth-order valence-corrected chi connectivity index (χ4v) is 1.29. The van der Waals surface area contributed by atoms with Crippen molar-refractivity contribution in [2.24, 2.45) is 0 Å².